The molecule has 0 saturated heterocycles. The zero-order valence-electron chi connectivity index (χ0n) is 10.0. The molecule has 0 rings (SSSR count). The zero-order valence-corrected chi connectivity index (χ0v) is 13.1. The van der Waals surface area contributed by atoms with Crippen LogP contribution in [0.5, 0.6) is 0 Å². The molecule has 0 spiro atoms. The SMILES string of the molecule is CCOC(=O)C(CC(=O)O)S([PH3+])(=S)(OC)OC. The second-order valence-electron chi connectivity index (χ2n) is 3.18. The molecule has 0 fully saturated rings. The van der Waals surface area contributed by atoms with Crippen LogP contribution in [0, 0.1) is 0 Å². The fraction of sp³-hybridized carbons (Fsp3) is 0.750. The van der Waals surface area contributed by atoms with E-state index in [0.717, 1.165) is 0 Å². The molecule has 0 saturated carbocycles. The lowest BCUT2D eigenvalue weighted by atomic mass is 10.3. The summed E-state index contributed by atoms with van der Waals surface area (Å²) in [7, 11) is 0.368. The molecule has 0 aromatic heterocycles. The van der Waals surface area contributed by atoms with E-state index in [1.807, 2.05) is 0 Å². The summed E-state index contributed by atoms with van der Waals surface area (Å²) in [6.45, 7) is 1.77. The van der Waals surface area contributed by atoms with E-state index >= 15 is 0 Å². The molecule has 0 aromatic rings. The Bertz CT molecular complexity index is 361. The van der Waals surface area contributed by atoms with E-state index in [2.05, 4.69) is 0 Å². The lowest BCUT2D eigenvalue weighted by Gasteiger charge is -2.44. The number of hydrogen-bond acceptors (Lipinski definition) is 6. The highest BCUT2D eigenvalue weighted by atomic mass is 33.2. The molecule has 9 heteroatoms. The molecule has 0 amide bonds. The third-order valence-corrected chi connectivity index (χ3v) is 9.15. The fourth-order valence-corrected chi connectivity index (χ4v) is 3.83. The van der Waals surface area contributed by atoms with E-state index in [-0.39, 0.29) is 6.61 Å². The van der Waals surface area contributed by atoms with Gasteiger partial charge in [0.05, 0.1) is 35.7 Å². The number of hydrogen-bond donors (Lipinski definition) is 1. The van der Waals surface area contributed by atoms with Crippen LogP contribution in [0.4, 0.5) is 0 Å². The molecule has 0 aliphatic carbocycles. The van der Waals surface area contributed by atoms with Crippen molar-refractivity contribution in [1.29, 1.82) is 0 Å². The molecular weight excluding hydrogens is 287 g/mol. The highest BCUT2D eigenvalue weighted by molar-refractivity contribution is 8.73. The molecule has 0 heterocycles. The average Bonchev–Trinajstić information content (AvgIpc) is 2.26. The molecule has 0 bridgehead atoms. The second-order valence-corrected chi connectivity index (χ2v) is 13.1. The zero-order chi connectivity index (χ0) is 13.7. The van der Waals surface area contributed by atoms with Crippen LogP contribution in [-0.2, 0) is 41.8 Å². The molecule has 0 aromatic carbocycles. The smallest absolute Gasteiger partial charge is 0.332 e. The normalized spacial score (nSPS) is 15.8. The van der Waals surface area contributed by atoms with Crippen molar-refractivity contribution < 1.29 is 27.8 Å². The Balaban J connectivity index is 5.38. The summed E-state index contributed by atoms with van der Waals surface area (Å²) in [6.07, 6.45) is -0.477. The van der Waals surface area contributed by atoms with Crippen LogP contribution in [0.3, 0.4) is 0 Å². The van der Waals surface area contributed by atoms with Crippen LogP contribution < -0.4 is 0 Å². The summed E-state index contributed by atoms with van der Waals surface area (Å²) in [5, 5.41) is 7.71. The minimum Gasteiger partial charge on any atom is -0.481 e. The number of carboxylic acids is 1. The van der Waals surface area contributed by atoms with Gasteiger partial charge in [0.25, 0.3) is 0 Å². The van der Waals surface area contributed by atoms with E-state index < -0.39 is 31.5 Å². The van der Waals surface area contributed by atoms with Crippen LogP contribution in [0.1, 0.15) is 13.3 Å². The van der Waals surface area contributed by atoms with Crippen LogP contribution in [0.2, 0.25) is 0 Å². The van der Waals surface area contributed by atoms with Gasteiger partial charge < -0.3 is 9.84 Å². The lowest BCUT2D eigenvalue weighted by Crippen LogP contribution is -2.47. The quantitative estimate of drug-likeness (QED) is 0.531. The van der Waals surface area contributed by atoms with E-state index in [1.165, 1.54) is 22.7 Å². The molecule has 17 heavy (non-hydrogen) atoms. The van der Waals surface area contributed by atoms with Crippen LogP contribution >= 0.6 is 8.44 Å². The predicted octanol–water partition coefficient (Wildman–Crippen LogP) is 0.190. The Labute approximate surface area is 107 Å². The van der Waals surface area contributed by atoms with Crippen molar-refractivity contribution in [3.63, 3.8) is 0 Å². The molecule has 0 aliphatic heterocycles. The number of carbonyl (C=O) groups excluding carboxylic acids is 1. The summed E-state index contributed by atoms with van der Waals surface area (Å²) in [4.78, 5) is 22.6. The van der Waals surface area contributed by atoms with Crippen molar-refractivity contribution in [2.24, 2.45) is 0 Å². The number of carbonyl (C=O) groups is 2. The van der Waals surface area contributed by atoms with Gasteiger partial charge in [0, 0.05) is 11.2 Å². The second kappa shape index (κ2) is 6.15. The van der Waals surface area contributed by atoms with Gasteiger partial charge in [-0.2, -0.15) is 0 Å². The van der Waals surface area contributed by atoms with Crippen molar-refractivity contribution >= 4 is 39.5 Å². The minimum atomic E-state index is -3.44. The van der Waals surface area contributed by atoms with Crippen LogP contribution in [0.25, 0.3) is 0 Å². The van der Waals surface area contributed by atoms with Crippen molar-refractivity contribution in [3.05, 3.63) is 0 Å². The maximum Gasteiger partial charge on any atom is 0.332 e. The van der Waals surface area contributed by atoms with Crippen molar-refractivity contribution in [1.82, 2.24) is 0 Å². The first-order valence-electron chi connectivity index (χ1n) is 4.72. The first kappa shape index (κ1) is 16.9. The first-order valence-corrected chi connectivity index (χ1v) is 9.50. The average molecular weight is 305 g/mol. The third kappa shape index (κ3) is 4.22. The summed E-state index contributed by atoms with van der Waals surface area (Å²) < 4.78 is 15.1. The standard InChI is InChI=1S/C8H17O6PS2/c1-4-14-8(11)6(5-7(9)10)17(15,16,12-2)13-3/h6H,4-5,15H2,1-3H3,(H,9,10)/p+1. The lowest BCUT2D eigenvalue weighted by molar-refractivity contribution is -0.147. The van der Waals surface area contributed by atoms with Gasteiger partial charge >= 0.3 is 11.9 Å². The molecule has 6 nitrogen and oxygen atoms in total. The van der Waals surface area contributed by atoms with E-state index in [4.69, 9.17) is 29.4 Å². The summed E-state index contributed by atoms with van der Waals surface area (Å²) in [5.74, 6) is -1.86. The van der Waals surface area contributed by atoms with Gasteiger partial charge in [0.15, 0.2) is 5.25 Å². The number of esters is 1. The van der Waals surface area contributed by atoms with Gasteiger partial charge in [-0.15, -0.1) is 7.90 Å². The Kier molecular flexibility index (Phi) is 6.10. The summed E-state index contributed by atoms with van der Waals surface area (Å²) >= 11 is 5.25. The highest BCUT2D eigenvalue weighted by Gasteiger charge is 2.43. The monoisotopic (exact) mass is 305 g/mol. The fourth-order valence-electron chi connectivity index (χ4n) is 1.12. The molecular formula is C8H18O6PS2+. The van der Waals surface area contributed by atoms with Gasteiger partial charge in [0.1, 0.15) is 0 Å². The number of rotatable bonds is 7. The van der Waals surface area contributed by atoms with Crippen molar-refractivity contribution in [2.75, 3.05) is 20.8 Å². The van der Waals surface area contributed by atoms with Crippen molar-refractivity contribution in [2.45, 2.75) is 18.6 Å². The molecule has 0 radical (unpaired) electrons. The van der Waals surface area contributed by atoms with Gasteiger partial charge in [-0.05, 0) is 6.92 Å². The maximum absolute atomic E-state index is 11.8. The van der Waals surface area contributed by atoms with Gasteiger partial charge in [0.2, 0.25) is 0 Å². The predicted molar refractivity (Wildman–Crippen MR) is 72.5 cm³/mol. The summed E-state index contributed by atoms with van der Waals surface area (Å²) in [5.41, 5.74) is 0. The van der Waals surface area contributed by atoms with E-state index in [9.17, 15) is 9.59 Å². The molecule has 2 unspecified atom stereocenters. The molecule has 2 atom stereocenters. The Hall–Kier alpha value is -0.140. The van der Waals surface area contributed by atoms with Crippen LogP contribution in [0.15, 0.2) is 0 Å². The van der Waals surface area contributed by atoms with E-state index in [1.54, 1.807) is 6.92 Å². The third-order valence-electron chi connectivity index (χ3n) is 2.16. The Morgan fingerprint density at radius 3 is 2.18 bits per heavy atom. The molecule has 1 N–H and O–H groups in total. The van der Waals surface area contributed by atoms with Crippen molar-refractivity contribution in [3.8, 4) is 0 Å². The Morgan fingerprint density at radius 2 is 1.88 bits per heavy atom. The Morgan fingerprint density at radius 1 is 1.41 bits per heavy atom. The topological polar surface area (TPSA) is 82.1 Å². The summed E-state index contributed by atoms with van der Waals surface area (Å²) in [6, 6.07) is 0. The first-order chi connectivity index (χ1) is 7.70. The number of ether oxygens (including phenoxy) is 1. The van der Waals surface area contributed by atoms with Gasteiger partial charge in [-0.1, -0.05) is 0 Å². The minimum absolute atomic E-state index is 0.143. The number of aliphatic carboxylic acids is 1. The van der Waals surface area contributed by atoms with E-state index in [0.29, 0.717) is 0 Å². The molecule has 0 aliphatic rings. The van der Waals surface area contributed by atoms with Gasteiger partial charge in [-0.3, -0.25) is 13.2 Å². The highest BCUT2D eigenvalue weighted by Crippen LogP contribution is 2.43. The number of carboxylic acid groups (broad SMARTS) is 1. The largest absolute Gasteiger partial charge is 0.481 e. The van der Waals surface area contributed by atoms with Gasteiger partial charge in [-0.25, -0.2) is 4.79 Å². The molecule has 102 valence electrons. The van der Waals surface area contributed by atoms with Crippen LogP contribution in [-0.4, -0.2) is 43.1 Å². The maximum atomic E-state index is 11.8.